The molecule has 2 aliphatic heterocycles. The molecular formula is C22H30N4O. The summed E-state index contributed by atoms with van der Waals surface area (Å²) in [5.41, 5.74) is 2.40. The smallest absolute Gasteiger partial charge is 0.236 e. The zero-order valence-corrected chi connectivity index (χ0v) is 16.3. The normalized spacial score (nSPS) is 22.3. The number of piperazine rings is 1. The molecule has 0 N–H and O–H groups in total. The number of rotatable bonds is 4. The number of pyridine rings is 1. The number of benzene rings is 1. The maximum Gasteiger partial charge on any atom is 0.236 e. The fourth-order valence-electron chi connectivity index (χ4n) is 4.39. The summed E-state index contributed by atoms with van der Waals surface area (Å²) in [5.74, 6) is 0.314. The Hall–Kier alpha value is -1.98. The average Bonchev–Trinajstić information content (AvgIpc) is 2.70. The molecular weight excluding hydrogens is 336 g/mol. The number of nitrogens with zero attached hydrogens (tertiary/aromatic N) is 4. The highest BCUT2D eigenvalue weighted by atomic mass is 16.2. The van der Waals surface area contributed by atoms with Gasteiger partial charge in [0.1, 0.15) is 0 Å². The van der Waals surface area contributed by atoms with E-state index in [9.17, 15) is 4.79 Å². The van der Waals surface area contributed by atoms with Crippen molar-refractivity contribution in [2.75, 3.05) is 39.3 Å². The minimum Gasteiger partial charge on any atom is -0.339 e. The predicted octanol–water partition coefficient (Wildman–Crippen LogP) is 2.75. The van der Waals surface area contributed by atoms with Gasteiger partial charge < -0.3 is 4.90 Å². The second kappa shape index (κ2) is 8.36. The van der Waals surface area contributed by atoms with Gasteiger partial charge in [0.15, 0.2) is 0 Å². The molecule has 1 atom stereocenters. The van der Waals surface area contributed by atoms with Crippen molar-refractivity contribution < 1.29 is 4.79 Å². The Bertz CT molecular complexity index is 779. The Morgan fingerprint density at radius 1 is 1.04 bits per heavy atom. The molecule has 1 aromatic carbocycles. The summed E-state index contributed by atoms with van der Waals surface area (Å²) >= 11 is 0. The van der Waals surface area contributed by atoms with Crippen LogP contribution in [0.3, 0.4) is 0 Å². The zero-order chi connectivity index (χ0) is 18.6. The molecule has 2 aliphatic rings. The molecule has 3 heterocycles. The molecule has 0 radical (unpaired) electrons. The first kappa shape index (κ1) is 18.4. The second-order valence-corrected chi connectivity index (χ2v) is 7.98. The summed E-state index contributed by atoms with van der Waals surface area (Å²) in [4.78, 5) is 24.1. The van der Waals surface area contributed by atoms with Gasteiger partial charge in [0.25, 0.3) is 0 Å². The van der Waals surface area contributed by atoms with E-state index >= 15 is 0 Å². The number of aromatic nitrogens is 1. The SMILES string of the molecule is CC1CCCCN1C(=O)CN1CCN(Cc2cccc3cccnc23)CC1. The Morgan fingerprint density at radius 2 is 1.81 bits per heavy atom. The first-order valence-electron chi connectivity index (χ1n) is 10.3. The highest BCUT2D eigenvalue weighted by Crippen LogP contribution is 2.19. The Balaban J connectivity index is 1.30. The number of carbonyl (C=O) groups is 1. The Morgan fingerprint density at radius 3 is 2.63 bits per heavy atom. The van der Waals surface area contributed by atoms with Crippen molar-refractivity contribution in [2.45, 2.75) is 38.8 Å². The van der Waals surface area contributed by atoms with Crippen LogP contribution in [-0.4, -0.2) is 70.9 Å². The van der Waals surface area contributed by atoms with Crippen molar-refractivity contribution in [3.05, 3.63) is 42.1 Å². The number of fused-ring (bicyclic) bond motifs is 1. The molecule has 0 aliphatic carbocycles. The molecule has 5 heteroatoms. The molecule has 0 spiro atoms. The first-order valence-corrected chi connectivity index (χ1v) is 10.3. The number of likely N-dealkylation sites (tertiary alicyclic amines) is 1. The average molecular weight is 367 g/mol. The number of carbonyl (C=O) groups excluding carboxylic acids is 1. The topological polar surface area (TPSA) is 39.7 Å². The van der Waals surface area contributed by atoms with Crippen LogP contribution in [0.2, 0.25) is 0 Å². The predicted molar refractivity (Wildman–Crippen MR) is 108 cm³/mol. The number of para-hydroxylation sites is 1. The van der Waals surface area contributed by atoms with Crippen LogP contribution >= 0.6 is 0 Å². The third-order valence-electron chi connectivity index (χ3n) is 6.06. The van der Waals surface area contributed by atoms with E-state index in [1.165, 1.54) is 17.4 Å². The fraction of sp³-hybridized carbons (Fsp3) is 0.545. The van der Waals surface area contributed by atoms with Crippen molar-refractivity contribution in [3.8, 4) is 0 Å². The van der Waals surface area contributed by atoms with Crippen molar-refractivity contribution >= 4 is 16.8 Å². The van der Waals surface area contributed by atoms with E-state index < -0.39 is 0 Å². The maximum absolute atomic E-state index is 12.7. The number of piperidine rings is 1. The highest BCUT2D eigenvalue weighted by molar-refractivity contribution is 5.81. The van der Waals surface area contributed by atoms with E-state index in [-0.39, 0.29) is 0 Å². The lowest BCUT2D eigenvalue weighted by molar-refractivity contribution is -0.136. The molecule has 2 aromatic rings. The van der Waals surface area contributed by atoms with Gasteiger partial charge in [-0.1, -0.05) is 24.3 Å². The van der Waals surface area contributed by atoms with Crippen molar-refractivity contribution in [3.63, 3.8) is 0 Å². The van der Waals surface area contributed by atoms with E-state index in [2.05, 4.69) is 50.9 Å². The number of hydrogen-bond acceptors (Lipinski definition) is 4. The van der Waals surface area contributed by atoms with E-state index in [0.29, 0.717) is 18.5 Å². The molecule has 2 fully saturated rings. The summed E-state index contributed by atoms with van der Waals surface area (Å²) in [6.45, 7) is 8.57. The van der Waals surface area contributed by atoms with Gasteiger partial charge in [-0.2, -0.15) is 0 Å². The van der Waals surface area contributed by atoms with Gasteiger partial charge in [0.05, 0.1) is 12.1 Å². The standard InChI is InChI=1S/C22H30N4O/c1-18-6-2-3-11-26(18)21(27)17-25-14-12-24(13-15-25)16-20-8-4-7-19-9-5-10-23-22(19)20/h4-5,7-10,18H,2-3,6,11-17H2,1H3. The third kappa shape index (κ3) is 4.30. The summed E-state index contributed by atoms with van der Waals surface area (Å²) < 4.78 is 0. The van der Waals surface area contributed by atoms with Crippen molar-refractivity contribution in [1.29, 1.82) is 0 Å². The molecule has 27 heavy (non-hydrogen) atoms. The second-order valence-electron chi connectivity index (χ2n) is 7.98. The largest absolute Gasteiger partial charge is 0.339 e. The molecule has 1 unspecified atom stereocenters. The number of amides is 1. The van der Waals surface area contributed by atoms with Crippen LogP contribution in [0.1, 0.15) is 31.7 Å². The first-order chi connectivity index (χ1) is 13.2. The van der Waals surface area contributed by atoms with E-state index in [1.807, 2.05) is 12.3 Å². The maximum atomic E-state index is 12.7. The zero-order valence-electron chi connectivity index (χ0n) is 16.3. The Kier molecular flexibility index (Phi) is 5.69. The fourth-order valence-corrected chi connectivity index (χ4v) is 4.39. The van der Waals surface area contributed by atoms with Crippen LogP contribution in [0.25, 0.3) is 10.9 Å². The quantitative estimate of drug-likeness (QED) is 0.834. The van der Waals surface area contributed by atoms with Gasteiger partial charge in [-0.3, -0.25) is 19.6 Å². The lowest BCUT2D eigenvalue weighted by Gasteiger charge is -2.38. The molecule has 144 valence electrons. The molecule has 4 rings (SSSR count). The summed E-state index contributed by atoms with van der Waals surface area (Å²) in [7, 11) is 0. The van der Waals surface area contributed by atoms with Gasteiger partial charge >= 0.3 is 0 Å². The number of hydrogen-bond donors (Lipinski definition) is 0. The van der Waals surface area contributed by atoms with Crippen molar-refractivity contribution in [1.82, 2.24) is 19.7 Å². The van der Waals surface area contributed by atoms with E-state index in [4.69, 9.17) is 0 Å². The van der Waals surface area contributed by atoms with Gasteiger partial charge in [0.2, 0.25) is 5.91 Å². The van der Waals surface area contributed by atoms with Gasteiger partial charge in [-0.15, -0.1) is 0 Å². The minimum atomic E-state index is 0.314. The molecule has 0 bridgehead atoms. The lowest BCUT2D eigenvalue weighted by atomic mass is 10.0. The van der Waals surface area contributed by atoms with Crippen LogP contribution in [0.15, 0.2) is 36.5 Å². The molecule has 1 amide bonds. The van der Waals surface area contributed by atoms with Crippen LogP contribution < -0.4 is 0 Å². The van der Waals surface area contributed by atoms with Gasteiger partial charge in [-0.05, 0) is 37.8 Å². The van der Waals surface area contributed by atoms with Crippen LogP contribution in [0, 0.1) is 0 Å². The van der Waals surface area contributed by atoms with Crippen LogP contribution in [0.5, 0.6) is 0 Å². The minimum absolute atomic E-state index is 0.314. The van der Waals surface area contributed by atoms with Crippen LogP contribution in [0.4, 0.5) is 0 Å². The Labute approximate surface area is 162 Å². The summed E-state index contributed by atoms with van der Waals surface area (Å²) in [6, 6.07) is 10.9. The molecule has 5 nitrogen and oxygen atoms in total. The summed E-state index contributed by atoms with van der Waals surface area (Å²) in [6.07, 6.45) is 5.44. The monoisotopic (exact) mass is 366 g/mol. The van der Waals surface area contributed by atoms with Crippen molar-refractivity contribution in [2.24, 2.45) is 0 Å². The van der Waals surface area contributed by atoms with Gasteiger partial charge in [-0.25, -0.2) is 0 Å². The van der Waals surface area contributed by atoms with Gasteiger partial charge in [0, 0.05) is 56.9 Å². The van der Waals surface area contributed by atoms with Crippen LogP contribution in [-0.2, 0) is 11.3 Å². The van der Waals surface area contributed by atoms with E-state index in [1.54, 1.807) is 0 Å². The summed E-state index contributed by atoms with van der Waals surface area (Å²) in [5, 5.41) is 1.20. The molecule has 2 saturated heterocycles. The molecule has 1 aromatic heterocycles. The molecule has 0 saturated carbocycles. The van der Waals surface area contributed by atoms with E-state index in [0.717, 1.165) is 57.6 Å². The highest BCUT2D eigenvalue weighted by Gasteiger charge is 2.26. The lowest BCUT2D eigenvalue weighted by Crippen LogP contribution is -2.51. The third-order valence-corrected chi connectivity index (χ3v) is 6.06.